The molecule has 0 aliphatic heterocycles. The molecule has 0 amide bonds. The number of halogens is 1. The maximum Gasteiger partial charge on any atom is 0.0875 e. The third-order valence-corrected chi connectivity index (χ3v) is 2.16. The second-order valence-electron chi connectivity index (χ2n) is 2.28. The Balaban J connectivity index is 2.55. The van der Waals surface area contributed by atoms with E-state index >= 15 is 0 Å². The van der Waals surface area contributed by atoms with Crippen LogP contribution in [0.4, 0.5) is 4.39 Å². The SMILES string of the molecule is NCC(=CF)Cc1ccsc1. The molecule has 1 aromatic heterocycles. The molecule has 0 saturated carbocycles. The van der Waals surface area contributed by atoms with Crippen molar-refractivity contribution in [3.8, 4) is 0 Å². The monoisotopic (exact) mass is 171 g/mol. The molecule has 0 unspecified atom stereocenters. The van der Waals surface area contributed by atoms with Gasteiger partial charge in [-0.3, -0.25) is 0 Å². The lowest BCUT2D eigenvalue weighted by atomic mass is 10.1. The predicted octanol–water partition coefficient (Wildman–Crippen LogP) is 2.10. The van der Waals surface area contributed by atoms with E-state index in [9.17, 15) is 4.39 Å². The fraction of sp³-hybridized carbons (Fsp3) is 0.250. The average Bonchev–Trinajstić information content (AvgIpc) is 2.52. The molecule has 1 aromatic rings. The first-order valence-electron chi connectivity index (χ1n) is 3.36. The van der Waals surface area contributed by atoms with Gasteiger partial charge in [-0.15, -0.1) is 0 Å². The number of hydrogen-bond acceptors (Lipinski definition) is 2. The van der Waals surface area contributed by atoms with Crippen molar-refractivity contribution in [1.29, 1.82) is 0 Å². The third kappa shape index (κ3) is 2.44. The molecule has 11 heavy (non-hydrogen) atoms. The lowest BCUT2D eigenvalue weighted by Crippen LogP contribution is -2.04. The van der Waals surface area contributed by atoms with E-state index in [0.717, 1.165) is 5.56 Å². The fourth-order valence-corrected chi connectivity index (χ4v) is 1.48. The molecule has 1 heterocycles. The predicted molar refractivity (Wildman–Crippen MR) is 46.3 cm³/mol. The summed E-state index contributed by atoms with van der Waals surface area (Å²) >= 11 is 1.61. The number of rotatable bonds is 3. The van der Waals surface area contributed by atoms with Crippen molar-refractivity contribution < 1.29 is 4.39 Å². The highest BCUT2D eigenvalue weighted by Crippen LogP contribution is 2.10. The zero-order chi connectivity index (χ0) is 8.10. The van der Waals surface area contributed by atoms with Gasteiger partial charge in [0.15, 0.2) is 0 Å². The van der Waals surface area contributed by atoms with Crippen LogP contribution in [0.15, 0.2) is 28.7 Å². The largest absolute Gasteiger partial charge is 0.327 e. The van der Waals surface area contributed by atoms with E-state index in [1.54, 1.807) is 11.3 Å². The van der Waals surface area contributed by atoms with Crippen LogP contribution in [0.2, 0.25) is 0 Å². The first-order valence-corrected chi connectivity index (χ1v) is 4.30. The molecular formula is C8H10FNS. The lowest BCUT2D eigenvalue weighted by molar-refractivity contribution is 0.700. The number of nitrogens with two attached hydrogens (primary N) is 1. The summed E-state index contributed by atoms with van der Waals surface area (Å²) in [6.07, 6.45) is 1.23. The van der Waals surface area contributed by atoms with Crippen molar-refractivity contribution in [2.75, 3.05) is 6.54 Å². The van der Waals surface area contributed by atoms with Crippen LogP contribution in [-0.2, 0) is 6.42 Å². The maximum atomic E-state index is 12.0. The van der Waals surface area contributed by atoms with Crippen LogP contribution in [0.25, 0.3) is 0 Å². The molecule has 1 rings (SSSR count). The number of hydrogen-bond donors (Lipinski definition) is 1. The normalized spacial score (nSPS) is 12.0. The van der Waals surface area contributed by atoms with E-state index in [1.807, 2.05) is 16.8 Å². The minimum absolute atomic E-state index is 0.298. The highest BCUT2D eigenvalue weighted by atomic mass is 32.1. The first-order chi connectivity index (χ1) is 5.36. The molecule has 0 fully saturated rings. The Kier molecular flexibility index (Phi) is 3.26. The molecule has 60 valence electrons. The van der Waals surface area contributed by atoms with Crippen molar-refractivity contribution in [2.24, 2.45) is 5.73 Å². The summed E-state index contributed by atoms with van der Waals surface area (Å²) in [7, 11) is 0. The Labute approximate surface area is 69.3 Å². The Hall–Kier alpha value is -0.670. The molecule has 0 spiro atoms. The average molecular weight is 171 g/mol. The van der Waals surface area contributed by atoms with Gasteiger partial charge in [-0.2, -0.15) is 11.3 Å². The summed E-state index contributed by atoms with van der Waals surface area (Å²) in [5.74, 6) is 0. The zero-order valence-electron chi connectivity index (χ0n) is 6.09. The van der Waals surface area contributed by atoms with Gasteiger partial charge in [-0.25, -0.2) is 4.39 Å². The topological polar surface area (TPSA) is 26.0 Å². The zero-order valence-corrected chi connectivity index (χ0v) is 6.90. The van der Waals surface area contributed by atoms with Crippen LogP contribution in [0.5, 0.6) is 0 Å². The second-order valence-corrected chi connectivity index (χ2v) is 3.06. The summed E-state index contributed by atoms with van der Waals surface area (Å²) in [6, 6.07) is 1.98. The molecule has 0 radical (unpaired) electrons. The van der Waals surface area contributed by atoms with Gasteiger partial charge in [-0.05, 0) is 34.4 Å². The van der Waals surface area contributed by atoms with Crippen LogP contribution in [0, 0.1) is 0 Å². The summed E-state index contributed by atoms with van der Waals surface area (Å²) in [4.78, 5) is 0. The van der Waals surface area contributed by atoms with Gasteiger partial charge < -0.3 is 5.73 Å². The Bertz CT molecular complexity index is 228. The fourth-order valence-electron chi connectivity index (χ4n) is 0.811. The van der Waals surface area contributed by atoms with Gasteiger partial charge in [0.25, 0.3) is 0 Å². The van der Waals surface area contributed by atoms with Crippen molar-refractivity contribution >= 4 is 11.3 Å². The Morgan fingerprint density at radius 1 is 1.73 bits per heavy atom. The summed E-state index contributed by atoms with van der Waals surface area (Å²) in [5, 5.41) is 3.97. The smallest absolute Gasteiger partial charge is 0.0875 e. The van der Waals surface area contributed by atoms with Gasteiger partial charge in [-0.1, -0.05) is 0 Å². The molecule has 0 aliphatic carbocycles. The van der Waals surface area contributed by atoms with Crippen molar-refractivity contribution in [2.45, 2.75) is 6.42 Å². The highest BCUT2D eigenvalue weighted by molar-refractivity contribution is 7.07. The van der Waals surface area contributed by atoms with Crippen LogP contribution in [-0.4, -0.2) is 6.54 Å². The van der Waals surface area contributed by atoms with E-state index in [2.05, 4.69) is 0 Å². The van der Waals surface area contributed by atoms with Gasteiger partial charge >= 0.3 is 0 Å². The van der Waals surface area contributed by atoms with E-state index in [1.165, 1.54) is 0 Å². The molecule has 0 aliphatic rings. The molecule has 0 bridgehead atoms. The molecule has 0 saturated heterocycles. The van der Waals surface area contributed by atoms with Gasteiger partial charge in [0, 0.05) is 6.54 Å². The van der Waals surface area contributed by atoms with Gasteiger partial charge in [0.1, 0.15) is 0 Å². The Morgan fingerprint density at radius 2 is 2.55 bits per heavy atom. The minimum atomic E-state index is 0.298. The molecule has 1 nitrogen and oxygen atoms in total. The maximum absolute atomic E-state index is 12.0. The van der Waals surface area contributed by atoms with Crippen molar-refractivity contribution in [3.63, 3.8) is 0 Å². The van der Waals surface area contributed by atoms with Crippen LogP contribution in [0.3, 0.4) is 0 Å². The molecule has 0 aromatic carbocycles. The van der Waals surface area contributed by atoms with Crippen LogP contribution >= 0.6 is 11.3 Å². The first kappa shape index (κ1) is 8.43. The second kappa shape index (κ2) is 4.26. The van der Waals surface area contributed by atoms with E-state index in [-0.39, 0.29) is 0 Å². The molecule has 2 N–H and O–H groups in total. The highest BCUT2D eigenvalue weighted by Gasteiger charge is 1.97. The summed E-state index contributed by atoms with van der Waals surface area (Å²) in [6.45, 7) is 0.298. The third-order valence-electron chi connectivity index (χ3n) is 1.43. The molecular weight excluding hydrogens is 161 g/mol. The van der Waals surface area contributed by atoms with Crippen molar-refractivity contribution in [1.82, 2.24) is 0 Å². The lowest BCUT2D eigenvalue weighted by Gasteiger charge is -1.98. The standard InChI is InChI=1S/C8H10FNS/c9-4-8(5-10)3-7-1-2-11-6-7/h1-2,4,6H,3,5,10H2. The summed E-state index contributed by atoms with van der Waals surface area (Å²) < 4.78 is 12.0. The van der Waals surface area contributed by atoms with Gasteiger partial charge in [0.05, 0.1) is 6.33 Å². The van der Waals surface area contributed by atoms with E-state index < -0.39 is 0 Å². The van der Waals surface area contributed by atoms with E-state index in [0.29, 0.717) is 24.9 Å². The van der Waals surface area contributed by atoms with E-state index in [4.69, 9.17) is 5.73 Å². The van der Waals surface area contributed by atoms with Gasteiger partial charge in [0.2, 0.25) is 0 Å². The van der Waals surface area contributed by atoms with Crippen molar-refractivity contribution in [3.05, 3.63) is 34.3 Å². The summed E-state index contributed by atoms with van der Waals surface area (Å²) in [5.41, 5.74) is 7.07. The Morgan fingerprint density at radius 3 is 3.00 bits per heavy atom. The van der Waals surface area contributed by atoms with Crippen LogP contribution in [0.1, 0.15) is 5.56 Å². The quantitative estimate of drug-likeness (QED) is 0.740. The molecule has 0 atom stereocenters. The minimum Gasteiger partial charge on any atom is -0.327 e. The van der Waals surface area contributed by atoms with Crippen LogP contribution < -0.4 is 5.73 Å². The molecule has 3 heteroatoms. The number of thiophene rings is 1.